The Balaban J connectivity index is 0.000000219. The number of pyridine rings is 1. The maximum Gasteiger partial charge on any atom is 0.488 e. The van der Waals surface area contributed by atoms with Crippen LogP contribution in [0.4, 0.5) is 0 Å². The molecule has 1 heterocycles. The highest BCUT2D eigenvalue weighted by Crippen LogP contribution is 2.17. The number of carboxylic acid groups (broad SMARTS) is 1. The van der Waals surface area contributed by atoms with E-state index in [4.69, 9.17) is 15.2 Å². The zero-order chi connectivity index (χ0) is 16.0. The number of hydrogen-bond donors (Lipinski definition) is 3. The maximum atomic E-state index is 10.4. The highest BCUT2D eigenvalue weighted by atomic mass is 79.9. The van der Waals surface area contributed by atoms with Crippen LogP contribution in [0, 0.1) is 6.92 Å². The largest absolute Gasteiger partial charge is 0.488 e. The molecule has 0 bridgehead atoms. The van der Waals surface area contributed by atoms with E-state index >= 15 is 0 Å². The minimum absolute atomic E-state index is 0.124. The first kappa shape index (κ1) is 17.8. The summed E-state index contributed by atoms with van der Waals surface area (Å²) in [5.41, 5.74) is 1.59. The van der Waals surface area contributed by atoms with Crippen molar-refractivity contribution in [3.05, 3.63) is 56.7 Å². The van der Waals surface area contributed by atoms with Gasteiger partial charge in [0.15, 0.2) is 0 Å². The van der Waals surface area contributed by atoms with Crippen LogP contribution in [0.3, 0.4) is 0 Å². The van der Waals surface area contributed by atoms with Crippen LogP contribution in [0.1, 0.15) is 15.9 Å². The molecule has 21 heavy (non-hydrogen) atoms. The molecule has 0 fully saturated rings. The normalized spacial score (nSPS) is 9.57. The molecule has 0 aliphatic carbocycles. The molecular weight excluding hydrogens is 405 g/mol. The third kappa shape index (κ3) is 5.97. The van der Waals surface area contributed by atoms with Crippen LogP contribution < -0.4 is 5.46 Å². The number of benzene rings is 1. The number of hydrogen-bond acceptors (Lipinski definition) is 4. The highest BCUT2D eigenvalue weighted by molar-refractivity contribution is 9.11. The standard InChI is InChI=1S/C7H7BO4.C6H5Br2N/c9-7(10)5-1-3-6(4-2-5)8(11)12;1-4-2-6(8)9-3-5(4)7/h1-4,11-12H,(H,9,10);2-3H,1H3. The number of carboxylic acids is 1. The molecule has 0 saturated heterocycles. The van der Waals surface area contributed by atoms with E-state index in [-0.39, 0.29) is 11.0 Å². The highest BCUT2D eigenvalue weighted by Gasteiger charge is 2.10. The minimum Gasteiger partial charge on any atom is -0.478 e. The molecule has 2 aromatic rings. The predicted molar refractivity (Wildman–Crippen MR) is 87.6 cm³/mol. The summed E-state index contributed by atoms with van der Waals surface area (Å²) >= 11 is 6.61. The van der Waals surface area contributed by atoms with Crippen molar-refractivity contribution >= 4 is 50.4 Å². The fourth-order valence-corrected chi connectivity index (χ4v) is 1.97. The monoisotopic (exact) mass is 415 g/mol. The zero-order valence-electron chi connectivity index (χ0n) is 11.0. The summed E-state index contributed by atoms with van der Waals surface area (Å²) < 4.78 is 1.92. The molecule has 0 aliphatic rings. The number of aromatic nitrogens is 1. The van der Waals surface area contributed by atoms with Gasteiger partial charge in [0.2, 0.25) is 0 Å². The number of nitrogens with zero attached hydrogens (tertiary/aromatic N) is 1. The minimum atomic E-state index is -1.55. The Hall–Kier alpha value is -1.22. The summed E-state index contributed by atoms with van der Waals surface area (Å²) in [5, 5.41) is 25.8. The van der Waals surface area contributed by atoms with Gasteiger partial charge in [0.1, 0.15) is 4.60 Å². The Morgan fingerprint density at radius 2 is 1.76 bits per heavy atom. The molecule has 110 valence electrons. The van der Waals surface area contributed by atoms with Gasteiger partial charge in [-0.05, 0) is 68.0 Å². The number of carbonyl (C=O) groups is 1. The number of aryl methyl sites for hydroxylation is 1. The van der Waals surface area contributed by atoms with Crippen LogP contribution >= 0.6 is 31.9 Å². The molecule has 8 heteroatoms. The van der Waals surface area contributed by atoms with E-state index in [1.54, 1.807) is 6.20 Å². The van der Waals surface area contributed by atoms with E-state index in [1.165, 1.54) is 29.8 Å². The zero-order valence-corrected chi connectivity index (χ0v) is 14.2. The molecule has 0 saturated carbocycles. The first-order valence-corrected chi connectivity index (χ1v) is 7.37. The summed E-state index contributed by atoms with van der Waals surface area (Å²) in [4.78, 5) is 14.4. The first-order valence-electron chi connectivity index (χ1n) is 5.78. The van der Waals surface area contributed by atoms with Crippen LogP contribution in [-0.2, 0) is 0 Å². The van der Waals surface area contributed by atoms with Crippen molar-refractivity contribution in [2.75, 3.05) is 0 Å². The molecule has 1 aromatic carbocycles. The van der Waals surface area contributed by atoms with Crippen molar-refractivity contribution in [3.8, 4) is 0 Å². The molecule has 3 N–H and O–H groups in total. The van der Waals surface area contributed by atoms with Gasteiger partial charge in [-0.2, -0.15) is 0 Å². The van der Waals surface area contributed by atoms with Crippen molar-refractivity contribution in [2.45, 2.75) is 6.92 Å². The van der Waals surface area contributed by atoms with Gasteiger partial charge in [-0.3, -0.25) is 0 Å². The molecule has 1 aromatic heterocycles. The molecule has 0 atom stereocenters. The van der Waals surface area contributed by atoms with Gasteiger partial charge in [-0.25, -0.2) is 9.78 Å². The third-order valence-electron chi connectivity index (χ3n) is 2.47. The Bertz CT molecular complexity index is 620. The topological polar surface area (TPSA) is 90.7 Å². The summed E-state index contributed by atoms with van der Waals surface area (Å²) in [7, 11) is -1.55. The van der Waals surface area contributed by atoms with Gasteiger partial charge in [0.25, 0.3) is 0 Å². The Morgan fingerprint density at radius 3 is 2.14 bits per heavy atom. The van der Waals surface area contributed by atoms with E-state index in [2.05, 4.69) is 36.8 Å². The predicted octanol–water partition coefficient (Wildman–Crippen LogP) is 1.98. The number of aromatic carboxylic acids is 1. The molecule has 0 radical (unpaired) electrons. The quantitative estimate of drug-likeness (QED) is 0.514. The molecule has 0 unspecified atom stereocenters. The van der Waals surface area contributed by atoms with Gasteiger partial charge in [-0.15, -0.1) is 0 Å². The lowest BCUT2D eigenvalue weighted by Crippen LogP contribution is -2.29. The second kappa shape index (κ2) is 8.28. The van der Waals surface area contributed by atoms with Gasteiger partial charge in [0.05, 0.1) is 5.56 Å². The van der Waals surface area contributed by atoms with E-state index < -0.39 is 13.1 Å². The Kier molecular flexibility index (Phi) is 7.03. The molecule has 0 aliphatic heterocycles. The lowest BCUT2D eigenvalue weighted by molar-refractivity contribution is 0.0697. The first-order chi connectivity index (χ1) is 9.81. The second-order valence-corrected chi connectivity index (χ2v) is 5.72. The fraction of sp³-hybridized carbons (Fsp3) is 0.0769. The average Bonchev–Trinajstić information content (AvgIpc) is 2.44. The van der Waals surface area contributed by atoms with Crippen LogP contribution in [-0.4, -0.2) is 33.2 Å². The summed E-state index contributed by atoms with van der Waals surface area (Å²) in [5.74, 6) is -1.03. The van der Waals surface area contributed by atoms with E-state index in [0.29, 0.717) is 0 Å². The molecule has 0 amide bonds. The SMILES string of the molecule is Cc1cc(Br)ncc1Br.O=C(O)c1ccc(B(O)O)cc1. The molecular formula is C13H12BBr2NO4. The summed E-state index contributed by atoms with van der Waals surface area (Å²) in [6.45, 7) is 2.02. The van der Waals surface area contributed by atoms with Gasteiger partial charge in [-0.1, -0.05) is 12.1 Å². The van der Waals surface area contributed by atoms with Crippen LogP contribution in [0.15, 0.2) is 45.6 Å². The van der Waals surface area contributed by atoms with E-state index in [1.807, 2.05) is 13.0 Å². The summed E-state index contributed by atoms with van der Waals surface area (Å²) in [6.07, 6.45) is 1.78. The lowest BCUT2D eigenvalue weighted by Gasteiger charge is -1.98. The Morgan fingerprint density at radius 1 is 1.19 bits per heavy atom. The molecule has 5 nitrogen and oxygen atoms in total. The van der Waals surface area contributed by atoms with Crippen molar-refractivity contribution < 1.29 is 19.9 Å². The van der Waals surface area contributed by atoms with Crippen LogP contribution in [0.25, 0.3) is 0 Å². The molecule has 2 rings (SSSR count). The fourth-order valence-electron chi connectivity index (χ4n) is 1.30. The van der Waals surface area contributed by atoms with Crippen molar-refractivity contribution in [1.29, 1.82) is 0 Å². The summed E-state index contributed by atoms with van der Waals surface area (Å²) in [6, 6.07) is 7.31. The number of halogens is 2. The van der Waals surface area contributed by atoms with Gasteiger partial charge >= 0.3 is 13.1 Å². The number of rotatable bonds is 2. The lowest BCUT2D eigenvalue weighted by atomic mass is 9.80. The van der Waals surface area contributed by atoms with E-state index in [9.17, 15) is 4.79 Å². The molecule has 0 spiro atoms. The van der Waals surface area contributed by atoms with Gasteiger partial charge in [0, 0.05) is 10.7 Å². The average molecular weight is 417 g/mol. The van der Waals surface area contributed by atoms with E-state index in [0.717, 1.165) is 9.08 Å². The Labute approximate surface area is 139 Å². The van der Waals surface area contributed by atoms with Crippen LogP contribution in [0.5, 0.6) is 0 Å². The van der Waals surface area contributed by atoms with Crippen molar-refractivity contribution in [2.24, 2.45) is 0 Å². The third-order valence-corrected chi connectivity index (χ3v) is 3.73. The van der Waals surface area contributed by atoms with Crippen molar-refractivity contribution in [3.63, 3.8) is 0 Å². The maximum absolute atomic E-state index is 10.4. The second-order valence-electron chi connectivity index (χ2n) is 4.06. The van der Waals surface area contributed by atoms with Gasteiger partial charge < -0.3 is 15.2 Å². The van der Waals surface area contributed by atoms with Crippen LogP contribution in [0.2, 0.25) is 0 Å². The van der Waals surface area contributed by atoms with Crippen molar-refractivity contribution in [1.82, 2.24) is 4.98 Å². The smallest absolute Gasteiger partial charge is 0.478 e.